The molecule has 0 radical (unpaired) electrons. The zero-order valence-corrected chi connectivity index (χ0v) is 12.5. The van der Waals surface area contributed by atoms with E-state index in [4.69, 9.17) is 10.5 Å². The van der Waals surface area contributed by atoms with Crippen molar-refractivity contribution in [2.24, 2.45) is 11.7 Å². The first-order valence-electron chi connectivity index (χ1n) is 6.20. The van der Waals surface area contributed by atoms with Gasteiger partial charge in [-0.15, -0.1) is 0 Å². The van der Waals surface area contributed by atoms with Crippen LogP contribution in [-0.4, -0.2) is 13.2 Å². The standard InChI is InChI=1S/C14H22BrNO/c1-4-10(2)9-17-14-11(3)7-13(15)8-12(14)5-6-16/h7-8,10H,4-6,9,16H2,1-3H3. The average molecular weight is 300 g/mol. The molecule has 0 aromatic heterocycles. The third kappa shape index (κ3) is 4.32. The van der Waals surface area contributed by atoms with Crippen LogP contribution in [0.2, 0.25) is 0 Å². The quantitative estimate of drug-likeness (QED) is 0.869. The van der Waals surface area contributed by atoms with E-state index in [1.165, 1.54) is 11.1 Å². The summed E-state index contributed by atoms with van der Waals surface area (Å²) in [7, 11) is 0. The third-order valence-corrected chi connectivity index (χ3v) is 3.40. The second-order valence-corrected chi connectivity index (χ2v) is 5.49. The number of hydrogen-bond acceptors (Lipinski definition) is 2. The van der Waals surface area contributed by atoms with E-state index in [9.17, 15) is 0 Å². The Kier molecular flexibility index (Phi) is 6.00. The Balaban J connectivity index is 2.87. The molecule has 0 aliphatic heterocycles. The average Bonchev–Trinajstić information content (AvgIpc) is 2.27. The summed E-state index contributed by atoms with van der Waals surface area (Å²) in [6.07, 6.45) is 2.00. The molecule has 2 nitrogen and oxygen atoms in total. The normalized spacial score (nSPS) is 12.5. The molecule has 0 saturated carbocycles. The number of hydrogen-bond donors (Lipinski definition) is 1. The summed E-state index contributed by atoms with van der Waals surface area (Å²) in [5, 5.41) is 0. The van der Waals surface area contributed by atoms with E-state index in [0.29, 0.717) is 12.5 Å². The van der Waals surface area contributed by atoms with Gasteiger partial charge in [0.2, 0.25) is 0 Å². The molecule has 0 heterocycles. The Morgan fingerprint density at radius 3 is 2.71 bits per heavy atom. The van der Waals surface area contributed by atoms with Gasteiger partial charge in [0, 0.05) is 4.47 Å². The van der Waals surface area contributed by atoms with Crippen LogP contribution in [0.25, 0.3) is 0 Å². The van der Waals surface area contributed by atoms with E-state index in [1.807, 2.05) is 0 Å². The maximum Gasteiger partial charge on any atom is 0.125 e. The van der Waals surface area contributed by atoms with Crippen LogP contribution < -0.4 is 10.5 Å². The molecule has 0 aliphatic rings. The van der Waals surface area contributed by atoms with Gasteiger partial charge in [-0.3, -0.25) is 0 Å². The molecule has 1 unspecified atom stereocenters. The van der Waals surface area contributed by atoms with Gasteiger partial charge in [0.05, 0.1) is 6.61 Å². The van der Waals surface area contributed by atoms with Crippen molar-refractivity contribution in [3.63, 3.8) is 0 Å². The minimum atomic E-state index is 0.587. The van der Waals surface area contributed by atoms with Gasteiger partial charge >= 0.3 is 0 Å². The molecule has 3 heteroatoms. The van der Waals surface area contributed by atoms with Gasteiger partial charge in [0.15, 0.2) is 0 Å². The second kappa shape index (κ2) is 7.02. The van der Waals surface area contributed by atoms with Crippen LogP contribution in [0.3, 0.4) is 0 Å². The topological polar surface area (TPSA) is 35.2 Å². The fourth-order valence-corrected chi connectivity index (χ4v) is 2.31. The van der Waals surface area contributed by atoms with Crippen molar-refractivity contribution < 1.29 is 4.74 Å². The van der Waals surface area contributed by atoms with Crippen LogP contribution in [0.1, 0.15) is 31.4 Å². The van der Waals surface area contributed by atoms with Gasteiger partial charge < -0.3 is 10.5 Å². The lowest BCUT2D eigenvalue weighted by Crippen LogP contribution is -2.11. The molecule has 0 fully saturated rings. The molecule has 0 spiro atoms. The number of benzene rings is 1. The van der Waals surface area contributed by atoms with Crippen molar-refractivity contribution in [1.29, 1.82) is 0 Å². The monoisotopic (exact) mass is 299 g/mol. The third-order valence-electron chi connectivity index (χ3n) is 2.94. The minimum absolute atomic E-state index is 0.587. The number of ether oxygens (including phenoxy) is 1. The first-order valence-corrected chi connectivity index (χ1v) is 6.99. The largest absolute Gasteiger partial charge is 0.493 e. The Bertz CT molecular complexity index is 365. The highest BCUT2D eigenvalue weighted by atomic mass is 79.9. The van der Waals surface area contributed by atoms with Gasteiger partial charge in [-0.1, -0.05) is 36.2 Å². The summed E-state index contributed by atoms with van der Waals surface area (Å²) in [6, 6.07) is 4.19. The van der Waals surface area contributed by atoms with Crippen LogP contribution in [0.15, 0.2) is 16.6 Å². The second-order valence-electron chi connectivity index (χ2n) is 4.57. The number of nitrogens with two attached hydrogens (primary N) is 1. The first kappa shape index (κ1) is 14.5. The Morgan fingerprint density at radius 1 is 1.41 bits per heavy atom. The number of halogens is 1. The van der Waals surface area contributed by atoms with Crippen molar-refractivity contribution in [2.75, 3.05) is 13.2 Å². The predicted octanol–water partition coefficient (Wildman–Crippen LogP) is 3.68. The van der Waals surface area contributed by atoms with Crippen LogP contribution in [0, 0.1) is 12.8 Å². The summed E-state index contributed by atoms with van der Waals surface area (Å²) >= 11 is 3.51. The maximum atomic E-state index is 5.95. The zero-order chi connectivity index (χ0) is 12.8. The fraction of sp³-hybridized carbons (Fsp3) is 0.571. The molecular formula is C14H22BrNO. The van der Waals surface area contributed by atoms with Gasteiger partial charge in [-0.05, 0) is 49.1 Å². The van der Waals surface area contributed by atoms with Crippen LogP contribution in [0.5, 0.6) is 5.75 Å². The first-order chi connectivity index (χ1) is 8.08. The number of rotatable bonds is 6. The summed E-state index contributed by atoms with van der Waals surface area (Å²) < 4.78 is 7.04. The summed E-state index contributed by atoms with van der Waals surface area (Å²) in [5.74, 6) is 1.60. The van der Waals surface area contributed by atoms with Gasteiger partial charge in [0.25, 0.3) is 0 Å². The zero-order valence-electron chi connectivity index (χ0n) is 10.9. The summed E-state index contributed by atoms with van der Waals surface area (Å²) in [5.41, 5.74) is 8.01. The van der Waals surface area contributed by atoms with Crippen molar-refractivity contribution in [1.82, 2.24) is 0 Å². The summed E-state index contributed by atoms with van der Waals surface area (Å²) in [6.45, 7) is 7.89. The molecule has 17 heavy (non-hydrogen) atoms. The van der Waals surface area contributed by atoms with Crippen LogP contribution in [0.4, 0.5) is 0 Å². The van der Waals surface area contributed by atoms with Crippen molar-refractivity contribution in [2.45, 2.75) is 33.6 Å². The lowest BCUT2D eigenvalue weighted by Gasteiger charge is -2.17. The molecule has 2 N–H and O–H groups in total. The summed E-state index contributed by atoms with van der Waals surface area (Å²) in [4.78, 5) is 0. The van der Waals surface area contributed by atoms with Crippen molar-refractivity contribution >= 4 is 15.9 Å². The van der Waals surface area contributed by atoms with Crippen LogP contribution in [-0.2, 0) is 6.42 Å². The van der Waals surface area contributed by atoms with E-state index in [2.05, 4.69) is 48.8 Å². The molecule has 0 aliphatic carbocycles. The van der Waals surface area contributed by atoms with E-state index in [0.717, 1.165) is 29.7 Å². The van der Waals surface area contributed by atoms with Crippen molar-refractivity contribution in [3.8, 4) is 5.75 Å². The van der Waals surface area contributed by atoms with Gasteiger partial charge in [-0.2, -0.15) is 0 Å². The molecule has 1 atom stereocenters. The maximum absolute atomic E-state index is 5.95. The fourth-order valence-electron chi connectivity index (χ4n) is 1.69. The van der Waals surface area contributed by atoms with E-state index in [1.54, 1.807) is 0 Å². The SMILES string of the molecule is CCC(C)COc1c(C)cc(Br)cc1CCN. The highest BCUT2D eigenvalue weighted by Gasteiger charge is 2.10. The molecule has 1 aromatic carbocycles. The van der Waals surface area contributed by atoms with Gasteiger partial charge in [-0.25, -0.2) is 0 Å². The molecule has 0 bridgehead atoms. The highest BCUT2D eigenvalue weighted by Crippen LogP contribution is 2.28. The van der Waals surface area contributed by atoms with Gasteiger partial charge in [0.1, 0.15) is 5.75 Å². The lowest BCUT2D eigenvalue weighted by molar-refractivity contribution is 0.253. The Hall–Kier alpha value is -0.540. The highest BCUT2D eigenvalue weighted by molar-refractivity contribution is 9.10. The van der Waals surface area contributed by atoms with E-state index in [-0.39, 0.29) is 0 Å². The lowest BCUT2D eigenvalue weighted by atomic mass is 10.1. The molecular weight excluding hydrogens is 278 g/mol. The molecule has 1 aromatic rings. The Labute approximate surface area is 113 Å². The van der Waals surface area contributed by atoms with E-state index < -0.39 is 0 Å². The molecule has 96 valence electrons. The van der Waals surface area contributed by atoms with E-state index >= 15 is 0 Å². The smallest absolute Gasteiger partial charge is 0.125 e. The van der Waals surface area contributed by atoms with Crippen molar-refractivity contribution in [3.05, 3.63) is 27.7 Å². The molecule has 1 rings (SSSR count). The predicted molar refractivity (Wildman–Crippen MR) is 76.6 cm³/mol. The molecule has 0 amide bonds. The van der Waals surface area contributed by atoms with Crippen LogP contribution >= 0.6 is 15.9 Å². The molecule has 0 saturated heterocycles. The Morgan fingerprint density at radius 2 is 2.12 bits per heavy atom. The number of aryl methyl sites for hydroxylation is 1. The minimum Gasteiger partial charge on any atom is -0.493 e.